The summed E-state index contributed by atoms with van der Waals surface area (Å²) in [6.45, 7) is 7.85. The summed E-state index contributed by atoms with van der Waals surface area (Å²) in [5, 5.41) is 3.65. The predicted octanol–water partition coefficient (Wildman–Crippen LogP) is 3.73. The Bertz CT molecular complexity index is 392. The molecule has 0 bridgehead atoms. The number of halogens is 1. The van der Waals surface area contributed by atoms with Crippen molar-refractivity contribution in [3.63, 3.8) is 0 Å². The lowest BCUT2D eigenvalue weighted by molar-refractivity contribution is 0.423. The third-order valence-corrected chi connectivity index (χ3v) is 4.50. The molecule has 0 amide bonds. The molecule has 2 rings (SSSR count). The quantitative estimate of drug-likeness (QED) is 0.911. The van der Waals surface area contributed by atoms with E-state index >= 15 is 0 Å². The van der Waals surface area contributed by atoms with Gasteiger partial charge in [0.2, 0.25) is 0 Å². The third-order valence-electron chi connectivity index (χ3n) is 3.61. The number of hydrogen-bond acceptors (Lipinski definition) is 2. The fraction of sp³-hybridized carbons (Fsp3) is 0.600. The van der Waals surface area contributed by atoms with Gasteiger partial charge in [0, 0.05) is 29.3 Å². The Balaban J connectivity index is 2.01. The minimum Gasteiger partial charge on any atom is -0.370 e. The molecule has 1 aliphatic rings. The van der Waals surface area contributed by atoms with Crippen LogP contribution in [0.25, 0.3) is 0 Å². The molecule has 1 heterocycles. The first-order chi connectivity index (χ1) is 8.70. The van der Waals surface area contributed by atoms with E-state index in [4.69, 9.17) is 0 Å². The Morgan fingerprint density at radius 2 is 2.28 bits per heavy atom. The predicted molar refractivity (Wildman–Crippen MR) is 82.4 cm³/mol. The fourth-order valence-corrected chi connectivity index (χ4v) is 2.80. The molecule has 2 nitrogen and oxygen atoms in total. The summed E-state index contributed by atoms with van der Waals surface area (Å²) in [6.07, 6.45) is 3.82. The maximum atomic E-state index is 3.65. The van der Waals surface area contributed by atoms with E-state index in [-0.39, 0.29) is 0 Å². The molecule has 0 aliphatic carbocycles. The number of hydrogen-bond donors (Lipinski definition) is 1. The normalized spacial score (nSPS) is 20.2. The molecule has 1 aromatic rings. The van der Waals surface area contributed by atoms with Gasteiger partial charge >= 0.3 is 0 Å². The summed E-state index contributed by atoms with van der Waals surface area (Å²) in [4.78, 5) is 2.51. The highest BCUT2D eigenvalue weighted by molar-refractivity contribution is 9.10. The Labute approximate surface area is 119 Å². The second-order valence-electron chi connectivity index (χ2n) is 5.17. The van der Waals surface area contributed by atoms with Crippen LogP contribution >= 0.6 is 15.9 Å². The number of nitrogens with zero attached hydrogens (tertiary/aromatic N) is 1. The van der Waals surface area contributed by atoms with Crippen molar-refractivity contribution >= 4 is 21.6 Å². The van der Waals surface area contributed by atoms with E-state index in [1.54, 1.807) is 0 Å². The smallest absolute Gasteiger partial charge is 0.0370 e. The summed E-state index contributed by atoms with van der Waals surface area (Å²) >= 11 is 3.57. The van der Waals surface area contributed by atoms with E-state index < -0.39 is 0 Å². The monoisotopic (exact) mass is 310 g/mol. The van der Waals surface area contributed by atoms with Crippen molar-refractivity contribution in [3.05, 3.63) is 28.2 Å². The van der Waals surface area contributed by atoms with Gasteiger partial charge in [0.15, 0.2) is 0 Å². The van der Waals surface area contributed by atoms with Gasteiger partial charge in [-0.15, -0.1) is 0 Å². The van der Waals surface area contributed by atoms with E-state index in [2.05, 4.69) is 58.2 Å². The Hall–Kier alpha value is -0.540. The highest BCUT2D eigenvalue weighted by atomic mass is 79.9. The summed E-state index contributed by atoms with van der Waals surface area (Å²) < 4.78 is 1.20. The lowest BCUT2D eigenvalue weighted by Gasteiger charge is -2.35. The first-order valence-electron chi connectivity index (χ1n) is 6.95. The number of aryl methyl sites for hydroxylation is 1. The second kappa shape index (κ2) is 6.58. The standard InChI is InChI=1S/C15H23BrN2/c1-3-8-17-13-5-4-9-18(11-13)14-6-7-15(16)12(2)10-14/h6-7,10,13,17H,3-5,8-9,11H2,1-2H3. The lowest BCUT2D eigenvalue weighted by Crippen LogP contribution is -2.46. The molecule has 1 saturated heterocycles. The zero-order valence-corrected chi connectivity index (χ0v) is 13.0. The van der Waals surface area contributed by atoms with Gasteiger partial charge in [0.25, 0.3) is 0 Å². The topological polar surface area (TPSA) is 15.3 Å². The van der Waals surface area contributed by atoms with Crippen LogP contribution in [0.1, 0.15) is 31.7 Å². The summed E-state index contributed by atoms with van der Waals surface area (Å²) in [6, 6.07) is 7.32. The maximum Gasteiger partial charge on any atom is 0.0370 e. The third kappa shape index (κ3) is 3.48. The fourth-order valence-electron chi connectivity index (χ4n) is 2.55. The van der Waals surface area contributed by atoms with Gasteiger partial charge in [0.1, 0.15) is 0 Å². The molecule has 3 heteroatoms. The Morgan fingerprint density at radius 3 is 3.00 bits per heavy atom. The second-order valence-corrected chi connectivity index (χ2v) is 6.03. The van der Waals surface area contributed by atoms with Crippen molar-refractivity contribution in [1.29, 1.82) is 0 Å². The molecular weight excluding hydrogens is 288 g/mol. The van der Waals surface area contributed by atoms with Gasteiger partial charge in [-0.1, -0.05) is 22.9 Å². The van der Waals surface area contributed by atoms with Crippen molar-refractivity contribution in [2.45, 2.75) is 39.2 Å². The summed E-state index contributed by atoms with van der Waals surface area (Å²) in [7, 11) is 0. The highest BCUT2D eigenvalue weighted by Gasteiger charge is 2.19. The SMILES string of the molecule is CCCNC1CCCN(c2ccc(Br)c(C)c2)C1. The molecular formula is C15H23BrN2. The van der Waals surface area contributed by atoms with Crippen LogP contribution in [0.5, 0.6) is 0 Å². The van der Waals surface area contributed by atoms with Gasteiger partial charge in [-0.05, 0) is 56.5 Å². The average Bonchev–Trinajstić information content (AvgIpc) is 2.40. The Kier molecular flexibility index (Phi) is 5.07. The highest BCUT2D eigenvalue weighted by Crippen LogP contribution is 2.25. The zero-order valence-electron chi connectivity index (χ0n) is 11.4. The van der Waals surface area contributed by atoms with Crippen LogP contribution in [0.15, 0.2) is 22.7 Å². The first-order valence-corrected chi connectivity index (χ1v) is 7.74. The van der Waals surface area contributed by atoms with Crippen LogP contribution in [0.4, 0.5) is 5.69 Å². The minimum atomic E-state index is 0.655. The van der Waals surface area contributed by atoms with E-state index in [9.17, 15) is 0 Å². The van der Waals surface area contributed by atoms with E-state index in [0.717, 1.165) is 13.1 Å². The minimum absolute atomic E-state index is 0.655. The van der Waals surface area contributed by atoms with Crippen LogP contribution in [0.3, 0.4) is 0 Å². The van der Waals surface area contributed by atoms with E-state index in [1.807, 2.05) is 0 Å². The molecule has 1 aromatic carbocycles. The molecule has 1 atom stereocenters. The first kappa shape index (κ1) is 13.9. The van der Waals surface area contributed by atoms with E-state index in [0.29, 0.717) is 6.04 Å². The van der Waals surface area contributed by atoms with Crippen LogP contribution in [-0.2, 0) is 0 Å². The molecule has 0 aromatic heterocycles. The maximum absolute atomic E-state index is 3.65. The van der Waals surface area contributed by atoms with Crippen LogP contribution in [0.2, 0.25) is 0 Å². The van der Waals surface area contributed by atoms with Crippen molar-refractivity contribution in [2.24, 2.45) is 0 Å². The number of piperidine rings is 1. The Morgan fingerprint density at radius 1 is 1.44 bits per heavy atom. The molecule has 1 N–H and O–H groups in total. The number of benzene rings is 1. The number of anilines is 1. The molecule has 1 unspecified atom stereocenters. The van der Waals surface area contributed by atoms with Gasteiger partial charge in [-0.3, -0.25) is 0 Å². The molecule has 100 valence electrons. The molecule has 18 heavy (non-hydrogen) atoms. The van der Waals surface area contributed by atoms with Gasteiger partial charge < -0.3 is 10.2 Å². The number of nitrogens with one attached hydrogen (secondary N) is 1. The zero-order chi connectivity index (χ0) is 13.0. The van der Waals surface area contributed by atoms with Gasteiger partial charge in [-0.2, -0.15) is 0 Å². The lowest BCUT2D eigenvalue weighted by atomic mass is 10.0. The van der Waals surface area contributed by atoms with Crippen molar-refractivity contribution in [2.75, 3.05) is 24.5 Å². The summed E-state index contributed by atoms with van der Waals surface area (Å²) in [5.41, 5.74) is 2.68. The number of rotatable bonds is 4. The molecule has 0 radical (unpaired) electrons. The largest absolute Gasteiger partial charge is 0.370 e. The molecule has 0 saturated carbocycles. The molecule has 1 fully saturated rings. The van der Waals surface area contributed by atoms with Gasteiger partial charge in [-0.25, -0.2) is 0 Å². The van der Waals surface area contributed by atoms with Crippen LogP contribution in [-0.4, -0.2) is 25.7 Å². The van der Waals surface area contributed by atoms with Gasteiger partial charge in [0.05, 0.1) is 0 Å². The van der Waals surface area contributed by atoms with Crippen LogP contribution < -0.4 is 10.2 Å². The summed E-state index contributed by atoms with van der Waals surface area (Å²) in [5.74, 6) is 0. The van der Waals surface area contributed by atoms with Crippen LogP contribution in [0, 0.1) is 6.92 Å². The molecule has 1 aliphatic heterocycles. The average molecular weight is 311 g/mol. The van der Waals surface area contributed by atoms with Crippen molar-refractivity contribution in [3.8, 4) is 0 Å². The molecule has 0 spiro atoms. The van der Waals surface area contributed by atoms with Crippen molar-refractivity contribution in [1.82, 2.24) is 5.32 Å². The van der Waals surface area contributed by atoms with E-state index in [1.165, 1.54) is 41.5 Å². The van der Waals surface area contributed by atoms with Crippen molar-refractivity contribution < 1.29 is 0 Å².